The van der Waals surface area contributed by atoms with Crippen molar-refractivity contribution < 1.29 is 9.90 Å². The van der Waals surface area contributed by atoms with Crippen LogP contribution in [0.25, 0.3) is 5.65 Å². The number of tetrazole rings is 1. The van der Waals surface area contributed by atoms with Crippen LogP contribution in [0.15, 0.2) is 12.1 Å². The topological polar surface area (TPSA) is 96.5 Å². The van der Waals surface area contributed by atoms with Crippen LogP contribution in [0.5, 0.6) is 0 Å². The van der Waals surface area contributed by atoms with Gasteiger partial charge in [-0.25, -0.2) is 0 Å². The standard InChI is InChI=1S/C10H12N6O2/c17-10(18)6-15(5-7-1-2-7)9-4-3-8-11-13-14-16(8)12-9/h3-4,7H,1-2,5-6H2,(H,17,18). The number of hydrogen-bond donors (Lipinski definition) is 1. The molecule has 0 spiro atoms. The molecule has 18 heavy (non-hydrogen) atoms. The van der Waals surface area contributed by atoms with E-state index in [2.05, 4.69) is 20.6 Å². The summed E-state index contributed by atoms with van der Waals surface area (Å²) in [4.78, 5) is 12.6. The van der Waals surface area contributed by atoms with Gasteiger partial charge in [0.05, 0.1) is 0 Å². The van der Waals surface area contributed by atoms with E-state index in [1.54, 1.807) is 17.0 Å². The fourth-order valence-electron chi connectivity index (χ4n) is 1.82. The zero-order chi connectivity index (χ0) is 12.5. The van der Waals surface area contributed by atoms with E-state index in [0.29, 0.717) is 23.9 Å². The van der Waals surface area contributed by atoms with E-state index in [1.807, 2.05) is 0 Å². The highest BCUT2D eigenvalue weighted by Gasteiger charge is 2.26. The second-order valence-corrected chi connectivity index (χ2v) is 4.44. The predicted molar refractivity (Wildman–Crippen MR) is 61.1 cm³/mol. The van der Waals surface area contributed by atoms with Crippen molar-refractivity contribution in [3.05, 3.63) is 12.1 Å². The van der Waals surface area contributed by atoms with E-state index in [0.717, 1.165) is 12.8 Å². The third kappa shape index (κ3) is 2.22. The molecule has 8 heteroatoms. The van der Waals surface area contributed by atoms with Crippen molar-refractivity contribution in [2.24, 2.45) is 5.92 Å². The first kappa shape index (κ1) is 10.9. The molecule has 1 saturated carbocycles. The zero-order valence-corrected chi connectivity index (χ0v) is 9.60. The Morgan fingerprint density at radius 1 is 1.50 bits per heavy atom. The van der Waals surface area contributed by atoms with Gasteiger partial charge in [-0.1, -0.05) is 0 Å². The number of hydrogen-bond acceptors (Lipinski definition) is 6. The minimum absolute atomic E-state index is 0.0584. The molecule has 0 saturated heterocycles. The highest BCUT2D eigenvalue weighted by Crippen LogP contribution is 2.30. The van der Waals surface area contributed by atoms with E-state index in [4.69, 9.17) is 5.11 Å². The van der Waals surface area contributed by atoms with Crippen LogP contribution in [-0.4, -0.2) is 49.4 Å². The number of carbonyl (C=O) groups is 1. The number of aromatic nitrogens is 5. The molecular weight excluding hydrogens is 236 g/mol. The number of carboxylic acid groups (broad SMARTS) is 1. The maximum atomic E-state index is 10.9. The minimum Gasteiger partial charge on any atom is -0.480 e. The van der Waals surface area contributed by atoms with Crippen molar-refractivity contribution in [1.82, 2.24) is 25.3 Å². The maximum absolute atomic E-state index is 10.9. The molecule has 1 aliphatic rings. The normalized spacial score (nSPS) is 14.9. The number of carboxylic acids is 1. The maximum Gasteiger partial charge on any atom is 0.323 e. The van der Waals surface area contributed by atoms with Gasteiger partial charge in [0.2, 0.25) is 0 Å². The van der Waals surface area contributed by atoms with Gasteiger partial charge in [-0.05, 0) is 41.3 Å². The van der Waals surface area contributed by atoms with Crippen LogP contribution in [0.4, 0.5) is 5.82 Å². The average molecular weight is 248 g/mol. The molecule has 0 bridgehead atoms. The first-order chi connectivity index (χ1) is 8.72. The monoisotopic (exact) mass is 248 g/mol. The Kier molecular flexibility index (Phi) is 2.54. The lowest BCUT2D eigenvalue weighted by atomic mass is 10.3. The summed E-state index contributed by atoms with van der Waals surface area (Å²) in [6.45, 7) is 0.657. The molecule has 0 unspecified atom stereocenters. The van der Waals surface area contributed by atoms with Gasteiger partial charge in [-0.15, -0.1) is 14.8 Å². The summed E-state index contributed by atoms with van der Waals surface area (Å²) in [6.07, 6.45) is 2.31. The molecule has 2 heterocycles. The van der Waals surface area contributed by atoms with Crippen LogP contribution < -0.4 is 4.90 Å². The van der Waals surface area contributed by atoms with Crippen molar-refractivity contribution in [3.63, 3.8) is 0 Å². The van der Waals surface area contributed by atoms with Crippen molar-refractivity contribution in [1.29, 1.82) is 0 Å². The molecule has 1 N–H and O–H groups in total. The molecular formula is C10H12N6O2. The van der Waals surface area contributed by atoms with Gasteiger partial charge in [0.25, 0.3) is 0 Å². The van der Waals surface area contributed by atoms with Crippen molar-refractivity contribution >= 4 is 17.4 Å². The number of rotatable bonds is 5. The van der Waals surface area contributed by atoms with E-state index in [-0.39, 0.29) is 6.54 Å². The van der Waals surface area contributed by atoms with E-state index in [1.165, 1.54) is 4.63 Å². The smallest absolute Gasteiger partial charge is 0.323 e. The lowest BCUT2D eigenvalue weighted by Gasteiger charge is -2.20. The SMILES string of the molecule is O=C(O)CN(CC1CC1)c1ccc2nnnn2n1. The Bertz CT molecular complexity index is 579. The molecule has 94 valence electrons. The Morgan fingerprint density at radius 3 is 3.06 bits per heavy atom. The minimum atomic E-state index is -0.866. The molecule has 3 rings (SSSR count). The summed E-state index contributed by atoms with van der Waals surface area (Å²) in [7, 11) is 0. The van der Waals surface area contributed by atoms with E-state index < -0.39 is 5.97 Å². The second-order valence-electron chi connectivity index (χ2n) is 4.44. The summed E-state index contributed by atoms with van der Waals surface area (Å²) < 4.78 is 1.30. The van der Waals surface area contributed by atoms with Gasteiger partial charge >= 0.3 is 5.97 Å². The van der Waals surface area contributed by atoms with Gasteiger partial charge in [-0.2, -0.15) is 0 Å². The number of nitrogens with zero attached hydrogens (tertiary/aromatic N) is 6. The van der Waals surface area contributed by atoms with Crippen LogP contribution >= 0.6 is 0 Å². The Labute approximate surface area is 102 Å². The summed E-state index contributed by atoms with van der Waals surface area (Å²) >= 11 is 0. The third-order valence-corrected chi connectivity index (χ3v) is 2.88. The first-order valence-corrected chi connectivity index (χ1v) is 5.74. The molecule has 2 aromatic heterocycles. The Hall–Kier alpha value is -2.25. The molecule has 0 radical (unpaired) electrons. The summed E-state index contributed by atoms with van der Waals surface area (Å²) in [5.41, 5.74) is 0.542. The molecule has 0 atom stereocenters. The second kappa shape index (κ2) is 4.21. The van der Waals surface area contributed by atoms with Gasteiger partial charge in [0.15, 0.2) is 11.5 Å². The number of anilines is 1. The molecule has 0 amide bonds. The van der Waals surface area contributed by atoms with Crippen LogP contribution in [-0.2, 0) is 4.79 Å². The fourth-order valence-corrected chi connectivity index (χ4v) is 1.82. The van der Waals surface area contributed by atoms with Crippen LogP contribution in [0, 0.1) is 5.92 Å². The van der Waals surface area contributed by atoms with Crippen molar-refractivity contribution in [3.8, 4) is 0 Å². The van der Waals surface area contributed by atoms with E-state index in [9.17, 15) is 4.79 Å². The summed E-state index contributed by atoms with van der Waals surface area (Å²) in [5.74, 6) is 0.300. The molecule has 0 aliphatic heterocycles. The molecule has 1 aliphatic carbocycles. The Morgan fingerprint density at radius 2 is 2.33 bits per heavy atom. The van der Waals surface area contributed by atoms with Crippen LogP contribution in [0.1, 0.15) is 12.8 Å². The molecule has 8 nitrogen and oxygen atoms in total. The first-order valence-electron chi connectivity index (χ1n) is 5.74. The summed E-state index contributed by atoms with van der Waals surface area (Å²) in [6, 6.07) is 3.47. The zero-order valence-electron chi connectivity index (χ0n) is 9.60. The third-order valence-electron chi connectivity index (χ3n) is 2.88. The van der Waals surface area contributed by atoms with Crippen LogP contribution in [0.2, 0.25) is 0 Å². The quantitative estimate of drug-likeness (QED) is 0.783. The van der Waals surface area contributed by atoms with Gasteiger partial charge in [-0.3, -0.25) is 4.79 Å². The lowest BCUT2D eigenvalue weighted by molar-refractivity contribution is -0.135. The van der Waals surface area contributed by atoms with Crippen LogP contribution in [0.3, 0.4) is 0 Å². The molecule has 0 aromatic carbocycles. The fraction of sp³-hybridized carbons (Fsp3) is 0.500. The highest BCUT2D eigenvalue weighted by atomic mass is 16.4. The van der Waals surface area contributed by atoms with E-state index >= 15 is 0 Å². The molecule has 2 aromatic rings. The van der Waals surface area contributed by atoms with Crippen molar-refractivity contribution in [2.75, 3.05) is 18.0 Å². The number of aliphatic carboxylic acids is 1. The predicted octanol–water partition coefficient (Wildman–Crippen LogP) is -0.180. The van der Waals surface area contributed by atoms with Crippen molar-refractivity contribution in [2.45, 2.75) is 12.8 Å². The Balaban J connectivity index is 1.88. The van der Waals surface area contributed by atoms with Gasteiger partial charge in [0.1, 0.15) is 6.54 Å². The molecule has 1 fully saturated rings. The lowest BCUT2D eigenvalue weighted by Crippen LogP contribution is -2.32. The average Bonchev–Trinajstić information content (AvgIpc) is 3.03. The van der Waals surface area contributed by atoms with Gasteiger partial charge < -0.3 is 10.0 Å². The largest absolute Gasteiger partial charge is 0.480 e. The highest BCUT2D eigenvalue weighted by molar-refractivity contribution is 5.73. The van der Waals surface area contributed by atoms with Gasteiger partial charge in [0, 0.05) is 6.54 Å². The number of fused-ring (bicyclic) bond motifs is 1. The summed E-state index contributed by atoms with van der Waals surface area (Å²) in [5, 5.41) is 24.1.